The molecule has 0 bridgehead atoms. The maximum absolute atomic E-state index is 12.2. The number of hydrogen-bond acceptors (Lipinski definition) is 2. The summed E-state index contributed by atoms with van der Waals surface area (Å²) in [6, 6.07) is 7.00. The highest BCUT2D eigenvalue weighted by molar-refractivity contribution is 6.31. The molecule has 2 atom stereocenters. The lowest BCUT2D eigenvalue weighted by Crippen LogP contribution is -2.92. The Balaban J connectivity index is 2.00. The molecule has 2 rings (SSSR count). The molecule has 0 radical (unpaired) electrons. The number of benzene rings is 1. The maximum Gasteiger partial charge on any atom is 0.324 e. The van der Waals surface area contributed by atoms with Crippen LogP contribution in [0, 0.1) is 0 Å². The first-order valence-corrected chi connectivity index (χ1v) is 7.07. The predicted molar refractivity (Wildman–Crippen MR) is 76.4 cm³/mol. The Morgan fingerprint density at radius 3 is 2.70 bits per heavy atom. The van der Waals surface area contributed by atoms with Gasteiger partial charge in [-0.2, -0.15) is 0 Å². The van der Waals surface area contributed by atoms with Gasteiger partial charge in [0, 0.05) is 23.7 Å². The molecule has 0 saturated carbocycles. The number of quaternary nitrogens is 1. The van der Waals surface area contributed by atoms with E-state index in [9.17, 15) is 9.59 Å². The zero-order chi connectivity index (χ0) is 14.7. The summed E-state index contributed by atoms with van der Waals surface area (Å²) in [6.07, 6.45) is 0. The first kappa shape index (κ1) is 14.8. The van der Waals surface area contributed by atoms with Crippen LogP contribution in [0.4, 0.5) is 4.79 Å². The van der Waals surface area contributed by atoms with Gasteiger partial charge in [0.2, 0.25) is 0 Å². The molecular formula is C14H19ClN3O2+. The van der Waals surface area contributed by atoms with Gasteiger partial charge in [0.15, 0.2) is 6.04 Å². The van der Waals surface area contributed by atoms with Gasteiger partial charge >= 0.3 is 6.03 Å². The summed E-state index contributed by atoms with van der Waals surface area (Å²) in [5.74, 6) is -0.168. The summed E-state index contributed by atoms with van der Waals surface area (Å²) in [5.41, 5.74) is 0.986. The van der Waals surface area contributed by atoms with Crippen LogP contribution in [0.3, 0.4) is 0 Å². The lowest BCUT2D eigenvalue weighted by atomic mass is 10.1. The normalized spacial score (nSPS) is 17.8. The Morgan fingerprint density at radius 2 is 2.10 bits per heavy atom. The highest BCUT2D eigenvalue weighted by Gasteiger charge is 2.32. The SMILES string of the molecule is C[C@H]([NH2+][C@H](C)C(=O)N1CCNC1=O)c1ccccc1Cl. The maximum atomic E-state index is 12.2. The molecule has 3 amide bonds. The number of amides is 3. The molecule has 0 spiro atoms. The smallest absolute Gasteiger partial charge is 0.324 e. The summed E-state index contributed by atoms with van der Waals surface area (Å²) in [7, 11) is 0. The molecule has 1 aliphatic heterocycles. The van der Waals surface area contributed by atoms with Gasteiger partial charge in [-0.3, -0.25) is 9.69 Å². The van der Waals surface area contributed by atoms with Crippen LogP contribution in [0.2, 0.25) is 5.02 Å². The monoisotopic (exact) mass is 296 g/mol. The summed E-state index contributed by atoms with van der Waals surface area (Å²) < 4.78 is 0. The molecule has 108 valence electrons. The summed E-state index contributed by atoms with van der Waals surface area (Å²) in [6.45, 7) is 4.77. The van der Waals surface area contributed by atoms with Crippen LogP contribution in [0.25, 0.3) is 0 Å². The third-order valence-corrected chi connectivity index (χ3v) is 3.83. The van der Waals surface area contributed by atoms with E-state index < -0.39 is 0 Å². The average Bonchev–Trinajstić information content (AvgIpc) is 2.84. The predicted octanol–water partition coefficient (Wildman–Crippen LogP) is 0.905. The largest absolute Gasteiger partial charge is 0.336 e. The number of imide groups is 1. The van der Waals surface area contributed by atoms with Crippen LogP contribution >= 0.6 is 11.6 Å². The Hall–Kier alpha value is -1.59. The average molecular weight is 297 g/mol. The molecule has 1 saturated heterocycles. The van der Waals surface area contributed by atoms with Crippen molar-refractivity contribution in [3.63, 3.8) is 0 Å². The third kappa shape index (κ3) is 3.11. The number of rotatable bonds is 4. The van der Waals surface area contributed by atoms with Crippen molar-refractivity contribution in [3.8, 4) is 0 Å². The molecule has 1 aliphatic rings. The van der Waals surface area contributed by atoms with Crippen LogP contribution in [0.5, 0.6) is 0 Å². The zero-order valence-corrected chi connectivity index (χ0v) is 12.4. The molecule has 0 unspecified atom stereocenters. The van der Waals surface area contributed by atoms with Crippen LogP contribution < -0.4 is 10.6 Å². The number of hydrogen-bond donors (Lipinski definition) is 2. The molecule has 1 aromatic carbocycles. The molecule has 0 aromatic heterocycles. The molecule has 5 nitrogen and oxygen atoms in total. The lowest BCUT2D eigenvalue weighted by Gasteiger charge is -2.20. The standard InChI is InChI=1S/C14H18ClN3O2/c1-9(11-5-3-4-6-12(11)15)17-10(2)13(19)18-8-7-16-14(18)20/h3-6,9-10,17H,7-8H2,1-2H3,(H,16,20)/p+1/t9-,10+/m0/s1. The van der Waals surface area contributed by atoms with E-state index in [-0.39, 0.29) is 24.0 Å². The van der Waals surface area contributed by atoms with E-state index in [4.69, 9.17) is 11.6 Å². The van der Waals surface area contributed by atoms with Gasteiger partial charge in [-0.25, -0.2) is 4.79 Å². The number of nitrogens with one attached hydrogen (secondary N) is 1. The number of carbonyl (C=O) groups is 2. The third-order valence-electron chi connectivity index (χ3n) is 3.49. The highest BCUT2D eigenvalue weighted by Crippen LogP contribution is 2.19. The highest BCUT2D eigenvalue weighted by atomic mass is 35.5. The molecule has 1 heterocycles. The first-order chi connectivity index (χ1) is 9.50. The minimum Gasteiger partial charge on any atom is -0.336 e. The van der Waals surface area contributed by atoms with Crippen molar-refractivity contribution in [2.45, 2.75) is 25.9 Å². The van der Waals surface area contributed by atoms with Crippen molar-refractivity contribution in [2.75, 3.05) is 13.1 Å². The Labute approximate surface area is 123 Å². The number of nitrogens with two attached hydrogens (primary N) is 1. The van der Waals surface area contributed by atoms with E-state index in [2.05, 4.69) is 5.32 Å². The number of carbonyl (C=O) groups excluding carboxylic acids is 2. The molecule has 6 heteroatoms. The number of halogens is 1. The van der Waals surface area contributed by atoms with Crippen LogP contribution in [-0.4, -0.2) is 36.0 Å². The van der Waals surface area contributed by atoms with E-state index in [0.717, 1.165) is 5.56 Å². The van der Waals surface area contributed by atoms with E-state index in [1.165, 1.54) is 4.90 Å². The zero-order valence-electron chi connectivity index (χ0n) is 11.6. The van der Waals surface area contributed by atoms with Crippen molar-refractivity contribution >= 4 is 23.5 Å². The molecule has 0 aliphatic carbocycles. The molecule has 1 fully saturated rings. The van der Waals surface area contributed by atoms with Crippen LogP contribution in [-0.2, 0) is 4.79 Å². The van der Waals surface area contributed by atoms with Gasteiger partial charge in [-0.15, -0.1) is 0 Å². The fourth-order valence-electron chi connectivity index (χ4n) is 2.39. The van der Waals surface area contributed by atoms with Gasteiger partial charge in [0.25, 0.3) is 5.91 Å². The minimum atomic E-state index is -0.329. The Bertz CT molecular complexity index is 521. The van der Waals surface area contributed by atoms with E-state index >= 15 is 0 Å². The van der Waals surface area contributed by atoms with Crippen LogP contribution in [0.1, 0.15) is 25.5 Å². The fourth-order valence-corrected chi connectivity index (χ4v) is 2.70. The van der Waals surface area contributed by atoms with Crippen molar-refractivity contribution in [3.05, 3.63) is 34.9 Å². The van der Waals surface area contributed by atoms with E-state index in [1.807, 2.05) is 36.5 Å². The second kappa shape index (κ2) is 6.24. The molecule has 3 N–H and O–H groups in total. The summed E-state index contributed by atoms with van der Waals surface area (Å²) >= 11 is 6.15. The van der Waals surface area contributed by atoms with Crippen molar-refractivity contribution in [2.24, 2.45) is 0 Å². The second-order valence-electron chi connectivity index (χ2n) is 5.01. The number of urea groups is 1. The van der Waals surface area contributed by atoms with Gasteiger partial charge in [0.05, 0.1) is 0 Å². The topological polar surface area (TPSA) is 66.0 Å². The molecule has 20 heavy (non-hydrogen) atoms. The van der Waals surface area contributed by atoms with Crippen molar-refractivity contribution < 1.29 is 14.9 Å². The second-order valence-corrected chi connectivity index (χ2v) is 5.42. The van der Waals surface area contributed by atoms with Crippen molar-refractivity contribution in [1.29, 1.82) is 0 Å². The van der Waals surface area contributed by atoms with Gasteiger partial charge < -0.3 is 10.6 Å². The number of nitrogens with zero attached hydrogens (tertiary/aromatic N) is 1. The quantitative estimate of drug-likeness (QED) is 0.867. The van der Waals surface area contributed by atoms with Crippen molar-refractivity contribution in [1.82, 2.24) is 10.2 Å². The molecular weight excluding hydrogens is 278 g/mol. The Morgan fingerprint density at radius 1 is 1.40 bits per heavy atom. The van der Waals surface area contributed by atoms with Gasteiger partial charge in [-0.05, 0) is 19.9 Å². The first-order valence-electron chi connectivity index (χ1n) is 6.69. The summed E-state index contributed by atoms with van der Waals surface area (Å²) in [4.78, 5) is 25.0. The summed E-state index contributed by atoms with van der Waals surface area (Å²) in [5, 5.41) is 5.25. The van der Waals surface area contributed by atoms with E-state index in [0.29, 0.717) is 18.1 Å². The van der Waals surface area contributed by atoms with Gasteiger partial charge in [-0.1, -0.05) is 29.8 Å². The minimum absolute atomic E-state index is 0.0494. The Kier molecular flexibility index (Phi) is 4.62. The fraction of sp³-hybridized carbons (Fsp3) is 0.429. The van der Waals surface area contributed by atoms with E-state index in [1.54, 1.807) is 6.92 Å². The lowest BCUT2D eigenvalue weighted by molar-refractivity contribution is -0.710. The van der Waals surface area contributed by atoms with Crippen LogP contribution in [0.15, 0.2) is 24.3 Å². The molecule has 1 aromatic rings. The van der Waals surface area contributed by atoms with Gasteiger partial charge in [0.1, 0.15) is 6.04 Å².